The van der Waals surface area contributed by atoms with Crippen molar-refractivity contribution in [1.29, 1.82) is 0 Å². The SMILES string of the molecule is CC1COCCN1C1CCN(Cc2noc3c2CCCC3)CC1. The highest BCUT2D eigenvalue weighted by atomic mass is 16.5. The Kier molecular flexibility index (Phi) is 4.69. The van der Waals surface area contributed by atoms with E-state index in [4.69, 9.17) is 9.26 Å². The van der Waals surface area contributed by atoms with Gasteiger partial charge in [-0.25, -0.2) is 0 Å². The summed E-state index contributed by atoms with van der Waals surface area (Å²) in [6.07, 6.45) is 7.33. The first-order valence-corrected chi connectivity index (χ1v) is 9.33. The minimum Gasteiger partial charge on any atom is -0.379 e. The Labute approximate surface area is 138 Å². The average Bonchev–Trinajstić information content (AvgIpc) is 2.99. The monoisotopic (exact) mass is 319 g/mol. The van der Waals surface area contributed by atoms with Crippen molar-refractivity contribution in [2.45, 2.75) is 64.1 Å². The van der Waals surface area contributed by atoms with Crippen molar-refractivity contribution in [3.63, 3.8) is 0 Å². The van der Waals surface area contributed by atoms with Gasteiger partial charge in [-0.05, 0) is 39.0 Å². The normalized spacial score (nSPS) is 28.0. The fraction of sp³-hybridized carbons (Fsp3) is 0.833. The van der Waals surface area contributed by atoms with Crippen LogP contribution in [0.1, 0.15) is 49.6 Å². The molecule has 0 N–H and O–H groups in total. The van der Waals surface area contributed by atoms with Crippen LogP contribution in [0.2, 0.25) is 0 Å². The first-order valence-electron chi connectivity index (χ1n) is 9.33. The van der Waals surface area contributed by atoms with Gasteiger partial charge in [-0.2, -0.15) is 0 Å². The van der Waals surface area contributed by atoms with Crippen molar-refractivity contribution in [2.75, 3.05) is 32.8 Å². The number of aromatic nitrogens is 1. The molecule has 128 valence electrons. The number of fused-ring (bicyclic) bond motifs is 1. The van der Waals surface area contributed by atoms with Gasteiger partial charge < -0.3 is 9.26 Å². The Bertz CT molecular complexity index is 522. The molecule has 1 aliphatic carbocycles. The third-order valence-electron chi connectivity index (χ3n) is 5.85. The van der Waals surface area contributed by atoms with E-state index in [0.29, 0.717) is 6.04 Å². The third kappa shape index (κ3) is 3.32. The molecule has 1 unspecified atom stereocenters. The van der Waals surface area contributed by atoms with Crippen LogP contribution in [0.3, 0.4) is 0 Å². The number of ether oxygens (including phenoxy) is 1. The predicted molar refractivity (Wildman–Crippen MR) is 88.4 cm³/mol. The molecular formula is C18H29N3O2. The zero-order valence-corrected chi connectivity index (χ0v) is 14.3. The van der Waals surface area contributed by atoms with Crippen molar-refractivity contribution in [3.05, 3.63) is 17.0 Å². The standard InChI is InChI=1S/C18H29N3O2/c1-14-13-22-11-10-21(14)15-6-8-20(9-7-15)12-17-16-4-2-3-5-18(16)23-19-17/h14-15H,2-13H2,1H3. The Morgan fingerprint density at radius 1 is 1.13 bits per heavy atom. The molecule has 23 heavy (non-hydrogen) atoms. The Morgan fingerprint density at radius 3 is 2.78 bits per heavy atom. The predicted octanol–water partition coefficient (Wildman–Crippen LogP) is 2.24. The summed E-state index contributed by atoms with van der Waals surface area (Å²) in [6.45, 7) is 8.52. The quantitative estimate of drug-likeness (QED) is 0.855. The summed E-state index contributed by atoms with van der Waals surface area (Å²) in [6, 6.07) is 1.30. The topological polar surface area (TPSA) is 41.7 Å². The molecule has 2 fully saturated rings. The molecule has 1 aromatic heterocycles. The van der Waals surface area contributed by atoms with Gasteiger partial charge in [0, 0.05) is 50.2 Å². The number of piperidine rings is 1. The van der Waals surface area contributed by atoms with E-state index >= 15 is 0 Å². The molecule has 3 heterocycles. The molecule has 0 bridgehead atoms. The van der Waals surface area contributed by atoms with E-state index in [9.17, 15) is 0 Å². The number of aryl methyl sites for hydroxylation is 1. The number of rotatable bonds is 3. The highest BCUT2D eigenvalue weighted by molar-refractivity contribution is 5.25. The van der Waals surface area contributed by atoms with Crippen LogP contribution in [0.5, 0.6) is 0 Å². The Balaban J connectivity index is 1.32. The molecule has 0 spiro atoms. The summed E-state index contributed by atoms with van der Waals surface area (Å²) in [5.74, 6) is 1.16. The highest BCUT2D eigenvalue weighted by Crippen LogP contribution is 2.27. The second kappa shape index (κ2) is 6.91. The maximum Gasteiger partial charge on any atom is 0.140 e. The van der Waals surface area contributed by atoms with E-state index in [2.05, 4.69) is 21.9 Å². The van der Waals surface area contributed by atoms with Gasteiger partial charge in [0.05, 0.1) is 13.2 Å². The summed E-state index contributed by atoms with van der Waals surface area (Å²) >= 11 is 0. The maximum atomic E-state index is 5.58. The molecule has 5 heteroatoms. The summed E-state index contributed by atoms with van der Waals surface area (Å²) in [5, 5.41) is 4.37. The fourth-order valence-corrected chi connectivity index (χ4v) is 4.48. The van der Waals surface area contributed by atoms with Crippen LogP contribution in [0.4, 0.5) is 0 Å². The van der Waals surface area contributed by atoms with E-state index in [1.807, 2.05) is 0 Å². The lowest BCUT2D eigenvalue weighted by atomic mass is 9.95. The number of morpholine rings is 1. The molecule has 3 aliphatic rings. The van der Waals surface area contributed by atoms with Gasteiger partial charge in [0.2, 0.25) is 0 Å². The van der Waals surface area contributed by atoms with Crippen molar-refractivity contribution < 1.29 is 9.26 Å². The molecule has 1 atom stereocenters. The van der Waals surface area contributed by atoms with Gasteiger partial charge in [-0.15, -0.1) is 0 Å². The van der Waals surface area contributed by atoms with Crippen molar-refractivity contribution in [3.8, 4) is 0 Å². The van der Waals surface area contributed by atoms with Gasteiger partial charge in [0.15, 0.2) is 0 Å². The smallest absolute Gasteiger partial charge is 0.140 e. The lowest BCUT2D eigenvalue weighted by Crippen LogP contribution is -2.52. The van der Waals surface area contributed by atoms with Crippen LogP contribution < -0.4 is 0 Å². The van der Waals surface area contributed by atoms with Gasteiger partial charge in [0.1, 0.15) is 11.5 Å². The van der Waals surface area contributed by atoms with Crippen LogP contribution in [0, 0.1) is 0 Å². The number of nitrogens with zero attached hydrogens (tertiary/aromatic N) is 3. The molecule has 0 amide bonds. The van der Waals surface area contributed by atoms with Crippen LogP contribution >= 0.6 is 0 Å². The zero-order valence-electron chi connectivity index (χ0n) is 14.3. The molecule has 0 radical (unpaired) electrons. The minimum atomic E-state index is 0.572. The summed E-state index contributed by atoms with van der Waals surface area (Å²) < 4.78 is 11.1. The molecule has 5 nitrogen and oxygen atoms in total. The van der Waals surface area contributed by atoms with Gasteiger partial charge in [-0.3, -0.25) is 9.80 Å². The highest BCUT2D eigenvalue weighted by Gasteiger charge is 2.30. The van der Waals surface area contributed by atoms with Gasteiger partial charge in [0.25, 0.3) is 0 Å². The van der Waals surface area contributed by atoms with Crippen LogP contribution in [-0.4, -0.2) is 59.9 Å². The lowest BCUT2D eigenvalue weighted by molar-refractivity contribution is -0.0355. The minimum absolute atomic E-state index is 0.572. The van der Waals surface area contributed by atoms with E-state index in [1.54, 1.807) is 0 Å². The van der Waals surface area contributed by atoms with Crippen LogP contribution in [0.25, 0.3) is 0 Å². The van der Waals surface area contributed by atoms with E-state index in [1.165, 1.54) is 50.0 Å². The number of hydrogen-bond donors (Lipinski definition) is 0. The first kappa shape index (κ1) is 15.6. The molecular weight excluding hydrogens is 290 g/mol. The summed E-state index contributed by atoms with van der Waals surface area (Å²) in [4.78, 5) is 5.23. The Morgan fingerprint density at radius 2 is 1.96 bits per heavy atom. The van der Waals surface area contributed by atoms with Crippen LogP contribution in [0.15, 0.2) is 4.52 Å². The fourth-order valence-electron chi connectivity index (χ4n) is 4.48. The first-order chi connectivity index (χ1) is 11.3. The summed E-state index contributed by atoms with van der Waals surface area (Å²) in [7, 11) is 0. The number of hydrogen-bond acceptors (Lipinski definition) is 5. The second-order valence-electron chi connectivity index (χ2n) is 7.41. The van der Waals surface area contributed by atoms with Gasteiger partial charge >= 0.3 is 0 Å². The molecule has 0 aromatic carbocycles. The Hall–Kier alpha value is -0.910. The zero-order chi connectivity index (χ0) is 15.6. The molecule has 0 saturated carbocycles. The molecule has 4 rings (SSSR count). The maximum absolute atomic E-state index is 5.58. The lowest BCUT2D eigenvalue weighted by Gasteiger charge is -2.43. The van der Waals surface area contributed by atoms with Crippen molar-refractivity contribution in [1.82, 2.24) is 15.0 Å². The molecule has 2 saturated heterocycles. The largest absolute Gasteiger partial charge is 0.379 e. The third-order valence-corrected chi connectivity index (χ3v) is 5.85. The van der Waals surface area contributed by atoms with Crippen molar-refractivity contribution >= 4 is 0 Å². The van der Waals surface area contributed by atoms with E-state index in [-0.39, 0.29) is 0 Å². The summed E-state index contributed by atoms with van der Waals surface area (Å²) in [5.41, 5.74) is 2.62. The number of likely N-dealkylation sites (tertiary alicyclic amines) is 1. The average molecular weight is 319 g/mol. The van der Waals surface area contributed by atoms with Crippen molar-refractivity contribution in [2.24, 2.45) is 0 Å². The van der Waals surface area contributed by atoms with Crippen LogP contribution in [-0.2, 0) is 24.1 Å². The molecule has 1 aromatic rings. The van der Waals surface area contributed by atoms with E-state index < -0.39 is 0 Å². The van der Waals surface area contributed by atoms with Gasteiger partial charge in [-0.1, -0.05) is 5.16 Å². The van der Waals surface area contributed by atoms with E-state index in [0.717, 1.165) is 50.9 Å². The molecule has 2 aliphatic heterocycles. The second-order valence-corrected chi connectivity index (χ2v) is 7.41.